The largest absolute Gasteiger partial charge is 0.378 e. The summed E-state index contributed by atoms with van der Waals surface area (Å²) in [5, 5.41) is 3.49. The zero-order valence-electron chi connectivity index (χ0n) is 10.4. The Balaban J connectivity index is 1.88. The van der Waals surface area contributed by atoms with E-state index in [1.54, 1.807) is 6.33 Å². The maximum absolute atomic E-state index is 5.66. The fourth-order valence-corrected chi connectivity index (χ4v) is 2.35. The van der Waals surface area contributed by atoms with Crippen molar-refractivity contribution in [3.8, 4) is 0 Å². The molecule has 0 spiro atoms. The fraction of sp³-hybridized carbons (Fsp3) is 0.692. The van der Waals surface area contributed by atoms with E-state index in [0.29, 0.717) is 12.1 Å². The Bertz CT molecular complexity index is 312. The van der Waals surface area contributed by atoms with E-state index in [4.69, 9.17) is 4.74 Å². The average Bonchev–Trinajstić information content (AvgIpc) is 2.88. The molecule has 17 heavy (non-hydrogen) atoms. The summed E-state index contributed by atoms with van der Waals surface area (Å²) in [6.45, 7) is 4.03. The number of nitrogens with zero attached hydrogens (tertiary/aromatic N) is 2. The molecule has 4 nitrogen and oxygen atoms in total. The van der Waals surface area contributed by atoms with E-state index < -0.39 is 0 Å². The van der Waals surface area contributed by atoms with E-state index in [1.807, 2.05) is 12.4 Å². The Kier molecular flexibility index (Phi) is 4.88. The molecule has 2 unspecified atom stereocenters. The highest BCUT2D eigenvalue weighted by molar-refractivity contribution is 5.09. The van der Waals surface area contributed by atoms with E-state index >= 15 is 0 Å². The van der Waals surface area contributed by atoms with E-state index in [-0.39, 0.29) is 0 Å². The van der Waals surface area contributed by atoms with Crippen molar-refractivity contribution in [3.63, 3.8) is 0 Å². The monoisotopic (exact) mass is 235 g/mol. The molecule has 94 valence electrons. The van der Waals surface area contributed by atoms with E-state index in [0.717, 1.165) is 26.0 Å². The zero-order valence-corrected chi connectivity index (χ0v) is 10.4. The molecule has 0 aliphatic carbocycles. The molecule has 2 heterocycles. The lowest BCUT2D eigenvalue weighted by Crippen LogP contribution is -2.22. The van der Waals surface area contributed by atoms with E-state index in [9.17, 15) is 0 Å². The Hall–Kier alpha value is -1.00. The van der Waals surface area contributed by atoms with Crippen LogP contribution in [0.2, 0.25) is 0 Å². The van der Waals surface area contributed by atoms with Gasteiger partial charge in [0.25, 0.3) is 0 Å². The van der Waals surface area contributed by atoms with Gasteiger partial charge in [0.15, 0.2) is 0 Å². The standard InChI is InChI=1S/C13H21N3O/c1-2-16-13(11-8-14-10-15-9-11)6-5-12-4-3-7-17-12/h8-10,12-13,16H,2-7H2,1H3. The van der Waals surface area contributed by atoms with Crippen LogP contribution in [0.5, 0.6) is 0 Å². The van der Waals surface area contributed by atoms with Gasteiger partial charge in [-0.25, -0.2) is 9.97 Å². The van der Waals surface area contributed by atoms with Gasteiger partial charge in [0.2, 0.25) is 0 Å². The first-order chi connectivity index (χ1) is 8.40. The van der Waals surface area contributed by atoms with Gasteiger partial charge in [-0.3, -0.25) is 0 Å². The van der Waals surface area contributed by atoms with Crippen LogP contribution < -0.4 is 5.32 Å². The van der Waals surface area contributed by atoms with E-state index in [2.05, 4.69) is 22.2 Å². The van der Waals surface area contributed by atoms with Crippen LogP contribution >= 0.6 is 0 Å². The van der Waals surface area contributed by atoms with Gasteiger partial charge in [0.1, 0.15) is 6.33 Å². The molecule has 1 N–H and O–H groups in total. The lowest BCUT2D eigenvalue weighted by molar-refractivity contribution is 0.0996. The molecule has 1 aliphatic rings. The highest BCUT2D eigenvalue weighted by atomic mass is 16.5. The van der Waals surface area contributed by atoms with Crippen LogP contribution in [0, 0.1) is 0 Å². The predicted octanol–water partition coefficient (Wildman–Crippen LogP) is 2.09. The zero-order chi connectivity index (χ0) is 11.9. The molecular weight excluding hydrogens is 214 g/mol. The summed E-state index contributed by atoms with van der Waals surface area (Å²) in [6, 6.07) is 0.352. The van der Waals surface area contributed by atoms with Crippen molar-refractivity contribution in [1.29, 1.82) is 0 Å². The molecule has 4 heteroatoms. The Morgan fingerprint density at radius 1 is 1.47 bits per heavy atom. The number of rotatable bonds is 6. The summed E-state index contributed by atoms with van der Waals surface area (Å²) in [5.41, 5.74) is 1.17. The molecular formula is C13H21N3O. The van der Waals surface area contributed by atoms with Gasteiger partial charge in [0, 0.05) is 30.6 Å². The Morgan fingerprint density at radius 2 is 2.29 bits per heavy atom. The summed E-state index contributed by atoms with van der Waals surface area (Å²) in [6.07, 6.45) is 10.5. The molecule has 1 aliphatic heterocycles. The van der Waals surface area contributed by atoms with Crippen LogP contribution in [0.15, 0.2) is 18.7 Å². The highest BCUT2D eigenvalue weighted by Gasteiger charge is 2.18. The van der Waals surface area contributed by atoms with Crippen LogP contribution in [0.4, 0.5) is 0 Å². The number of nitrogens with one attached hydrogen (secondary N) is 1. The Morgan fingerprint density at radius 3 is 2.94 bits per heavy atom. The minimum Gasteiger partial charge on any atom is -0.378 e. The highest BCUT2D eigenvalue weighted by Crippen LogP contribution is 2.23. The van der Waals surface area contributed by atoms with Crippen molar-refractivity contribution in [3.05, 3.63) is 24.3 Å². The SMILES string of the molecule is CCNC(CCC1CCCO1)c1cncnc1. The lowest BCUT2D eigenvalue weighted by atomic mass is 10.0. The summed E-state index contributed by atoms with van der Waals surface area (Å²) >= 11 is 0. The lowest BCUT2D eigenvalue weighted by Gasteiger charge is -2.19. The minimum absolute atomic E-state index is 0.352. The third kappa shape index (κ3) is 3.75. The topological polar surface area (TPSA) is 47.0 Å². The molecule has 0 radical (unpaired) electrons. The molecule has 1 saturated heterocycles. The minimum atomic E-state index is 0.352. The average molecular weight is 235 g/mol. The van der Waals surface area contributed by atoms with Crippen molar-refractivity contribution >= 4 is 0 Å². The van der Waals surface area contributed by atoms with Crippen LogP contribution in [-0.2, 0) is 4.74 Å². The smallest absolute Gasteiger partial charge is 0.115 e. The number of hydrogen-bond donors (Lipinski definition) is 1. The summed E-state index contributed by atoms with van der Waals surface area (Å²) in [5.74, 6) is 0. The Labute approximate surface area is 103 Å². The molecule has 0 aromatic carbocycles. The maximum atomic E-state index is 5.66. The van der Waals surface area contributed by atoms with Crippen LogP contribution in [0.1, 0.15) is 44.2 Å². The molecule has 1 aromatic rings. The van der Waals surface area contributed by atoms with Crippen molar-refractivity contribution in [2.24, 2.45) is 0 Å². The molecule has 2 rings (SSSR count). The fourth-order valence-electron chi connectivity index (χ4n) is 2.35. The molecule has 0 bridgehead atoms. The molecule has 0 saturated carbocycles. The first kappa shape index (κ1) is 12.5. The molecule has 2 atom stereocenters. The van der Waals surface area contributed by atoms with Crippen molar-refractivity contribution in [2.75, 3.05) is 13.2 Å². The number of aromatic nitrogens is 2. The quantitative estimate of drug-likeness (QED) is 0.820. The first-order valence-electron chi connectivity index (χ1n) is 6.50. The molecule has 0 amide bonds. The molecule has 1 aromatic heterocycles. The van der Waals surface area contributed by atoms with Crippen LogP contribution in [0.25, 0.3) is 0 Å². The van der Waals surface area contributed by atoms with Crippen LogP contribution in [0.3, 0.4) is 0 Å². The van der Waals surface area contributed by atoms with Crippen molar-refractivity contribution in [2.45, 2.75) is 44.8 Å². The van der Waals surface area contributed by atoms with Gasteiger partial charge in [-0.05, 0) is 32.2 Å². The number of hydrogen-bond acceptors (Lipinski definition) is 4. The first-order valence-corrected chi connectivity index (χ1v) is 6.50. The van der Waals surface area contributed by atoms with Crippen LogP contribution in [-0.4, -0.2) is 29.2 Å². The van der Waals surface area contributed by atoms with Crippen molar-refractivity contribution < 1.29 is 4.74 Å². The van der Waals surface area contributed by atoms with Gasteiger partial charge < -0.3 is 10.1 Å². The second kappa shape index (κ2) is 6.67. The maximum Gasteiger partial charge on any atom is 0.115 e. The van der Waals surface area contributed by atoms with Crippen molar-refractivity contribution in [1.82, 2.24) is 15.3 Å². The van der Waals surface area contributed by atoms with Gasteiger partial charge in [-0.1, -0.05) is 6.92 Å². The second-order valence-electron chi connectivity index (χ2n) is 4.49. The molecule has 1 fully saturated rings. The summed E-state index contributed by atoms with van der Waals surface area (Å²) in [4.78, 5) is 8.17. The predicted molar refractivity (Wildman–Crippen MR) is 66.7 cm³/mol. The normalized spacial score (nSPS) is 21.6. The second-order valence-corrected chi connectivity index (χ2v) is 4.49. The third-order valence-electron chi connectivity index (χ3n) is 3.23. The van der Waals surface area contributed by atoms with Gasteiger partial charge in [-0.15, -0.1) is 0 Å². The van der Waals surface area contributed by atoms with Gasteiger partial charge >= 0.3 is 0 Å². The summed E-state index contributed by atoms with van der Waals surface area (Å²) in [7, 11) is 0. The number of ether oxygens (including phenoxy) is 1. The third-order valence-corrected chi connectivity index (χ3v) is 3.23. The summed E-state index contributed by atoms with van der Waals surface area (Å²) < 4.78 is 5.66. The van der Waals surface area contributed by atoms with E-state index in [1.165, 1.54) is 18.4 Å². The van der Waals surface area contributed by atoms with Gasteiger partial charge in [-0.2, -0.15) is 0 Å². The van der Waals surface area contributed by atoms with Gasteiger partial charge in [0.05, 0.1) is 6.10 Å².